The zero-order valence-electron chi connectivity index (χ0n) is 12.3. The Kier molecular flexibility index (Phi) is 4.95. The van der Waals surface area contributed by atoms with Gasteiger partial charge in [-0.15, -0.1) is 0 Å². The van der Waals surface area contributed by atoms with Crippen LogP contribution < -0.4 is 15.8 Å². The lowest BCUT2D eigenvalue weighted by atomic mass is 10.0. The molecule has 0 aliphatic rings. The summed E-state index contributed by atoms with van der Waals surface area (Å²) in [6.07, 6.45) is 0. The number of nitrogens with two attached hydrogens (primary N) is 1. The van der Waals surface area contributed by atoms with Crippen molar-refractivity contribution in [1.29, 1.82) is 0 Å². The van der Waals surface area contributed by atoms with Gasteiger partial charge in [-0.3, -0.25) is 4.79 Å². The van der Waals surface area contributed by atoms with Gasteiger partial charge in [-0.1, -0.05) is 36.4 Å². The van der Waals surface area contributed by atoms with Gasteiger partial charge in [0.15, 0.2) is 0 Å². The molecule has 2 aromatic rings. The summed E-state index contributed by atoms with van der Waals surface area (Å²) in [6.45, 7) is 2.63. The van der Waals surface area contributed by atoms with Crippen molar-refractivity contribution < 1.29 is 9.53 Å². The highest BCUT2D eigenvalue weighted by molar-refractivity contribution is 5.94. The van der Waals surface area contributed by atoms with Crippen molar-refractivity contribution in [3.05, 3.63) is 65.2 Å². The zero-order valence-corrected chi connectivity index (χ0v) is 12.3. The molecule has 0 aliphatic heterocycles. The normalized spacial score (nSPS) is 11.9. The number of amides is 1. The highest BCUT2D eigenvalue weighted by atomic mass is 16.5. The highest BCUT2D eigenvalue weighted by Gasteiger charge is 2.12. The van der Waals surface area contributed by atoms with Crippen molar-refractivity contribution in [3.8, 4) is 5.75 Å². The van der Waals surface area contributed by atoms with Crippen molar-refractivity contribution in [3.63, 3.8) is 0 Å². The van der Waals surface area contributed by atoms with Crippen LogP contribution >= 0.6 is 0 Å². The molecule has 0 bridgehead atoms. The number of primary amides is 1. The first-order valence-corrected chi connectivity index (χ1v) is 6.87. The maximum Gasteiger partial charge on any atom is 0.249 e. The van der Waals surface area contributed by atoms with E-state index in [-0.39, 0.29) is 6.04 Å². The Morgan fingerprint density at radius 1 is 1.19 bits per heavy atom. The van der Waals surface area contributed by atoms with Crippen LogP contribution in [0, 0.1) is 0 Å². The molecule has 4 nitrogen and oxygen atoms in total. The quantitative estimate of drug-likeness (QED) is 0.857. The molecule has 21 heavy (non-hydrogen) atoms. The summed E-state index contributed by atoms with van der Waals surface area (Å²) in [7, 11) is 1.66. The molecule has 4 heteroatoms. The predicted octanol–water partition coefficient (Wildman–Crippen LogP) is 2.64. The third-order valence-electron chi connectivity index (χ3n) is 3.49. The average molecular weight is 284 g/mol. The summed E-state index contributed by atoms with van der Waals surface area (Å²) in [4.78, 5) is 11.4. The van der Waals surface area contributed by atoms with E-state index < -0.39 is 5.91 Å². The molecular weight excluding hydrogens is 264 g/mol. The van der Waals surface area contributed by atoms with E-state index in [2.05, 4.69) is 12.2 Å². The number of carbonyl (C=O) groups excluding carboxylic acids is 1. The molecule has 0 heterocycles. The zero-order chi connectivity index (χ0) is 15.2. The molecule has 0 fully saturated rings. The van der Waals surface area contributed by atoms with Gasteiger partial charge in [0, 0.05) is 23.7 Å². The van der Waals surface area contributed by atoms with Crippen LogP contribution in [0.5, 0.6) is 5.75 Å². The molecule has 2 rings (SSSR count). The van der Waals surface area contributed by atoms with Crippen molar-refractivity contribution in [1.82, 2.24) is 5.32 Å². The highest BCUT2D eigenvalue weighted by Crippen LogP contribution is 2.24. The summed E-state index contributed by atoms with van der Waals surface area (Å²) in [5, 5.41) is 3.40. The fourth-order valence-corrected chi connectivity index (χ4v) is 2.31. The van der Waals surface area contributed by atoms with Crippen molar-refractivity contribution in [2.75, 3.05) is 7.11 Å². The standard InChI is InChI=1S/C17H20N2O2/c1-12(14-8-5-6-10-16(14)21-2)19-11-13-7-3-4-9-15(13)17(18)20/h3-10,12,19H,11H2,1-2H3,(H2,18,20)/t12-/m0/s1. The molecule has 2 aromatic carbocycles. The number of methoxy groups -OCH3 is 1. The molecule has 1 amide bonds. The lowest BCUT2D eigenvalue weighted by Crippen LogP contribution is -2.21. The number of nitrogens with one attached hydrogen (secondary N) is 1. The lowest BCUT2D eigenvalue weighted by molar-refractivity contribution is 0.0999. The third kappa shape index (κ3) is 3.61. The number of para-hydroxylation sites is 1. The SMILES string of the molecule is COc1ccccc1[C@H](C)NCc1ccccc1C(N)=O. The van der Waals surface area contributed by atoms with Crippen LogP contribution in [0.25, 0.3) is 0 Å². The number of rotatable bonds is 6. The molecule has 0 radical (unpaired) electrons. The molecule has 1 atom stereocenters. The van der Waals surface area contributed by atoms with Gasteiger partial charge in [0.05, 0.1) is 7.11 Å². The molecule has 0 unspecified atom stereocenters. The van der Waals surface area contributed by atoms with E-state index in [4.69, 9.17) is 10.5 Å². The minimum atomic E-state index is -0.405. The number of benzene rings is 2. The molecule has 0 saturated heterocycles. The lowest BCUT2D eigenvalue weighted by Gasteiger charge is -2.18. The molecule has 0 aromatic heterocycles. The molecule has 0 saturated carbocycles. The van der Waals surface area contributed by atoms with Gasteiger partial charge in [-0.05, 0) is 24.6 Å². The Bertz CT molecular complexity index is 626. The van der Waals surface area contributed by atoms with Crippen LogP contribution in [0.3, 0.4) is 0 Å². The minimum absolute atomic E-state index is 0.0992. The summed E-state index contributed by atoms with van der Waals surface area (Å²) < 4.78 is 5.37. The van der Waals surface area contributed by atoms with E-state index in [1.165, 1.54) is 0 Å². The van der Waals surface area contributed by atoms with E-state index in [1.807, 2.05) is 42.5 Å². The predicted molar refractivity (Wildman–Crippen MR) is 83.2 cm³/mol. The minimum Gasteiger partial charge on any atom is -0.496 e. The summed E-state index contributed by atoms with van der Waals surface area (Å²) in [5.41, 5.74) is 7.92. The second-order valence-corrected chi connectivity index (χ2v) is 4.87. The first-order valence-electron chi connectivity index (χ1n) is 6.87. The molecule has 110 valence electrons. The van der Waals surface area contributed by atoms with Crippen LogP contribution in [0.4, 0.5) is 0 Å². The van der Waals surface area contributed by atoms with E-state index in [0.29, 0.717) is 12.1 Å². The Hall–Kier alpha value is -2.33. The Morgan fingerprint density at radius 2 is 1.86 bits per heavy atom. The van der Waals surface area contributed by atoms with Gasteiger partial charge in [0.1, 0.15) is 5.75 Å². The topological polar surface area (TPSA) is 64.3 Å². The van der Waals surface area contributed by atoms with Gasteiger partial charge in [0.2, 0.25) is 5.91 Å². The maximum atomic E-state index is 11.4. The van der Waals surface area contributed by atoms with Crippen molar-refractivity contribution in [2.45, 2.75) is 19.5 Å². The van der Waals surface area contributed by atoms with Gasteiger partial charge in [0.25, 0.3) is 0 Å². The number of hydrogen-bond acceptors (Lipinski definition) is 3. The number of carbonyl (C=O) groups is 1. The first-order chi connectivity index (χ1) is 10.1. The fourth-order valence-electron chi connectivity index (χ4n) is 2.31. The van der Waals surface area contributed by atoms with E-state index >= 15 is 0 Å². The van der Waals surface area contributed by atoms with E-state index in [9.17, 15) is 4.79 Å². The number of ether oxygens (including phenoxy) is 1. The van der Waals surface area contributed by atoms with Crippen LogP contribution in [-0.4, -0.2) is 13.0 Å². The van der Waals surface area contributed by atoms with Gasteiger partial charge < -0.3 is 15.8 Å². The summed E-state index contributed by atoms with van der Waals surface area (Å²) in [5.74, 6) is 0.443. The smallest absolute Gasteiger partial charge is 0.249 e. The van der Waals surface area contributed by atoms with Crippen molar-refractivity contribution >= 4 is 5.91 Å². The van der Waals surface area contributed by atoms with Gasteiger partial charge >= 0.3 is 0 Å². The van der Waals surface area contributed by atoms with Crippen LogP contribution in [0.2, 0.25) is 0 Å². The Balaban J connectivity index is 2.11. The summed E-state index contributed by atoms with van der Waals surface area (Å²) in [6, 6.07) is 15.3. The second-order valence-electron chi connectivity index (χ2n) is 4.87. The molecule has 0 aliphatic carbocycles. The fraction of sp³-hybridized carbons (Fsp3) is 0.235. The first kappa shape index (κ1) is 15.1. The third-order valence-corrected chi connectivity index (χ3v) is 3.49. The van der Waals surface area contributed by atoms with Crippen molar-refractivity contribution in [2.24, 2.45) is 5.73 Å². The van der Waals surface area contributed by atoms with Crippen LogP contribution in [-0.2, 0) is 6.54 Å². The molecule has 0 spiro atoms. The Morgan fingerprint density at radius 3 is 2.57 bits per heavy atom. The van der Waals surface area contributed by atoms with Gasteiger partial charge in [-0.25, -0.2) is 0 Å². The summed E-state index contributed by atoms with van der Waals surface area (Å²) >= 11 is 0. The van der Waals surface area contributed by atoms with E-state index in [0.717, 1.165) is 16.9 Å². The largest absolute Gasteiger partial charge is 0.496 e. The molecular formula is C17H20N2O2. The second kappa shape index (κ2) is 6.90. The number of hydrogen-bond donors (Lipinski definition) is 2. The van der Waals surface area contributed by atoms with Crippen LogP contribution in [0.15, 0.2) is 48.5 Å². The maximum absolute atomic E-state index is 11.4. The van der Waals surface area contributed by atoms with E-state index in [1.54, 1.807) is 13.2 Å². The van der Waals surface area contributed by atoms with Crippen LogP contribution in [0.1, 0.15) is 34.5 Å². The monoisotopic (exact) mass is 284 g/mol. The average Bonchev–Trinajstić information content (AvgIpc) is 2.52. The molecule has 3 N–H and O–H groups in total. The Labute approximate surface area is 124 Å². The van der Waals surface area contributed by atoms with Gasteiger partial charge in [-0.2, -0.15) is 0 Å².